The Morgan fingerprint density at radius 1 is 1.30 bits per heavy atom. The van der Waals surface area contributed by atoms with Crippen LogP contribution in [0.15, 0.2) is 0 Å². The molecule has 0 spiro atoms. The summed E-state index contributed by atoms with van der Waals surface area (Å²) in [4.78, 5) is 2.39. The molecule has 0 amide bonds. The lowest BCUT2D eigenvalue weighted by Gasteiger charge is -2.47. The molecule has 0 aromatic carbocycles. The molecule has 3 aliphatic heterocycles. The van der Waals surface area contributed by atoms with Gasteiger partial charge >= 0.3 is 0 Å². The van der Waals surface area contributed by atoms with E-state index in [0.29, 0.717) is 12.0 Å². The number of piperidine rings is 3. The quantitative estimate of drug-likeness (QED) is 0.530. The van der Waals surface area contributed by atoms with Gasteiger partial charge < -0.3 is 5.11 Å². The lowest BCUT2D eigenvalue weighted by Crippen LogP contribution is -2.56. The number of aliphatic hydroxyl groups is 1. The van der Waals surface area contributed by atoms with Gasteiger partial charge in [-0.25, -0.2) is 0 Å². The Hall–Kier alpha value is -0.0800. The van der Waals surface area contributed by atoms with Gasteiger partial charge in [-0.05, 0) is 38.8 Å². The van der Waals surface area contributed by atoms with E-state index in [0.717, 1.165) is 0 Å². The molecule has 0 aliphatic carbocycles. The number of aliphatic hydroxyl groups excluding tert-OH is 1. The molecule has 3 rings (SSSR count). The first-order chi connectivity index (χ1) is 4.79. The van der Waals surface area contributed by atoms with Crippen molar-refractivity contribution in [3.8, 4) is 0 Å². The Labute approximate surface area is 61.8 Å². The molecule has 3 heterocycles. The summed E-state index contributed by atoms with van der Waals surface area (Å²) in [5, 5.41) is 9.63. The standard InChI is InChI=1S/C8H15NO/c1-6-8(10)7-2-4-9(6)5-3-7/h6-8,10H,2-5H2,1H3. The van der Waals surface area contributed by atoms with Crippen LogP contribution >= 0.6 is 0 Å². The average molecular weight is 141 g/mol. The van der Waals surface area contributed by atoms with Crippen LogP contribution in [0, 0.1) is 5.92 Å². The fraction of sp³-hybridized carbons (Fsp3) is 1.00. The number of hydrogen-bond acceptors (Lipinski definition) is 2. The molecular formula is C8H15NO. The highest BCUT2D eigenvalue weighted by molar-refractivity contribution is 4.91. The van der Waals surface area contributed by atoms with Gasteiger partial charge in [0.25, 0.3) is 0 Å². The Balaban J connectivity index is 2.13. The van der Waals surface area contributed by atoms with Crippen LogP contribution in [0.2, 0.25) is 0 Å². The van der Waals surface area contributed by atoms with Crippen LogP contribution in [0.3, 0.4) is 0 Å². The van der Waals surface area contributed by atoms with Gasteiger partial charge in [-0.15, -0.1) is 0 Å². The predicted molar refractivity (Wildman–Crippen MR) is 39.8 cm³/mol. The molecule has 3 saturated heterocycles. The lowest BCUT2D eigenvalue weighted by molar-refractivity contribution is -0.0646. The third-order valence-electron chi connectivity index (χ3n) is 3.13. The molecule has 0 aromatic heterocycles. The topological polar surface area (TPSA) is 23.5 Å². The SMILES string of the molecule is CC1C(O)C2CCN1CC2. The third-order valence-corrected chi connectivity index (χ3v) is 3.13. The Bertz CT molecular complexity index is 109. The molecule has 1 N–H and O–H groups in total. The van der Waals surface area contributed by atoms with Gasteiger partial charge in [-0.2, -0.15) is 0 Å². The normalized spacial score (nSPS) is 53.4. The third kappa shape index (κ3) is 0.789. The second-order valence-corrected chi connectivity index (χ2v) is 3.60. The molecule has 3 aliphatic rings. The van der Waals surface area contributed by atoms with Gasteiger partial charge in [0.05, 0.1) is 6.10 Å². The molecule has 0 aromatic rings. The zero-order valence-electron chi connectivity index (χ0n) is 6.45. The van der Waals surface area contributed by atoms with Crippen molar-refractivity contribution in [1.29, 1.82) is 0 Å². The van der Waals surface area contributed by atoms with Gasteiger partial charge in [0, 0.05) is 6.04 Å². The molecular weight excluding hydrogens is 126 g/mol. The van der Waals surface area contributed by atoms with Crippen LogP contribution in [-0.4, -0.2) is 35.2 Å². The van der Waals surface area contributed by atoms with Gasteiger partial charge in [-0.3, -0.25) is 4.90 Å². The zero-order valence-corrected chi connectivity index (χ0v) is 6.45. The second-order valence-electron chi connectivity index (χ2n) is 3.60. The van der Waals surface area contributed by atoms with Crippen molar-refractivity contribution in [3.05, 3.63) is 0 Å². The van der Waals surface area contributed by atoms with Crippen LogP contribution in [0.5, 0.6) is 0 Å². The van der Waals surface area contributed by atoms with E-state index >= 15 is 0 Å². The molecule has 58 valence electrons. The first-order valence-electron chi connectivity index (χ1n) is 4.21. The summed E-state index contributed by atoms with van der Waals surface area (Å²) in [6, 6.07) is 0.424. The number of fused-ring (bicyclic) bond motifs is 3. The van der Waals surface area contributed by atoms with Crippen LogP contribution in [0.1, 0.15) is 19.8 Å². The van der Waals surface area contributed by atoms with Crippen LogP contribution < -0.4 is 0 Å². The Morgan fingerprint density at radius 2 is 1.90 bits per heavy atom. The predicted octanol–water partition coefficient (Wildman–Crippen LogP) is 0.461. The maximum atomic E-state index is 9.63. The fourth-order valence-corrected chi connectivity index (χ4v) is 2.28. The summed E-state index contributed by atoms with van der Waals surface area (Å²) in [5.41, 5.74) is 0. The van der Waals surface area contributed by atoms with Gasteiger partial charge in [0.15, 0.2) is 0 Å². The molecule has 0 saturated carbocycles. The van der Waals surface area contributed by atoms with Gasteiger partial charge in [-0.1, -0.05) is 0 Å². The van der Waals surface area contributed by atoms with E-state index in [1.807, 2.05) is 0 Å². The van der Waals surface area contributed by atoms with E-state index in [1.54, 1.807) is 0 Å². The van der Waals surface area contributed by atoms with Crippen molar-refractivity contribution in [3.63, 3.8) is 0 Å². The minimum absolute atomic E-state index is 0.0394. The average Bonchev–Trinajstić information content (AvgIpc) is 2.00. The van der Waals surface area contributed by atoms with E-state index in [2.05, 4.69) is 11.8 Å². The molecule has 3 fully saturated rings. The summed E-state index contributed by atoms with van der Waals surface area (Å²) in [5.74, 6) is 0.611. The van der Waals surface area contributed by atoms with E-state index in [9.17, 15) is 5.11 Å². The van der Waals surface area contributed by atoms with E-state index in [1.165, 1.54) is 25.9 Å². The smallest absolute Gasteiger partial charge is 0.0721 e. The first kappa shape index (κ1) is 6.62. The summed E-state index contributed by atoms with van der Waals surface area (Å²) in [7, 11) is 0. The zero-order chi connectivity index (χ0) is 7.14. The molecule has 10 heavy (non-hydrogen) atoms. The largest absolute Gasteiger partial charge is 0.391 e. The summed E-state index contributed by atoms with van der Waals surface area (Å²) >= 11 is 0. The van der Waals surface area contributed by atoms with Gasteiger partial charge in [0.1, 0.15) is 0 Å². The monoisotopic (exact) mass is 141 g/mol. The van der Waals surface area contributed by atoms with E-state index in [-0.39, 0.29) is 6.10 Å². The van der Waals surface area contributed by atoms with Crippen molar-refractivity contribution in [1.82, 2.24) is 4.90 Å². The highest BCUT2D eigenvalue weighted by Gasteiger charge is 2.38. The van der Waals surface area contributed by atoms with Crippen molar-refractivity contribution in [2.24, 2.45) is 5.92 Å². The number of nitrogens with zero attached hydrogens (tertiary/aromatic N) is 1. The highest BCUT2D eigenvalue weighted by atomic mass is 16.3. The Kier molecular flexibility index (Phi) is 1.46. The van der Waals surface area contributed by atoms with E-state index < -0.39 is 0 Å². The minimum atomic E-state index is -0.0394. The van der Waals surface area contributed by atoms with Crippen molar-refractivity contribution in [2.45, 2.75) is 31.9 Å². The number of rotatable bonds is 0. The molecule has 2 unspecified atom stereocenters. The summed E-state index contributed by atoms with van der Waals surface area (Å²) in [6.45, 7) is 4.56. The van der Waals surface area contributed by atoms with Gasteiger partial charge in [0.2, 0.25) is 0 Å². The highest BCUT2D eigenvalue weighted by Crippen LogP contribution is 2.31. The van der Waals surface area contributed by atoms with Crippen molar-refractivity contribution < 1.29 is 5.11 Å². The second kappa shape index (κ2) is 2.21. The van der Waals surface area contributed by atoms with E-state index in [4.69, 9.17) is 0 Å². The van der Waals surface area contributed by atoms with Crippen molar-refractivity contribution in [2.75, 3.05) is 13.1 Å². The summed E-state index contributed by atoms with van der Waals surface area (Å²) in [6.07, 6.45) is 2.39. The maximum Gasteiger partial charge on any atom is 0.0721 e. The summed E-state index contributed by atoms with van der Waals surface area (Å²) < 4.78 is 0. The van der Waals surface area contributed by atoms with Crippen LogP contribution in [0.4, 0.5) is 0 Å². The van der Waals surface area contributed by atoms with Crippen LogP contribution in [-0.2, 0) is 0 Å². The minimum Gasteiger partial charge on any atom is -0.391 e. The first-order valence-corrected chi connectivity index (χ1v) is 4.21. The molecule has 2 heteroatoms. The molecule has 2 bridgehead atoms. The molecule has 2 nitrogen and oxygen atoms in total. The fourth-order valence-electron chi connectivity index (χ4n) is 2.28. The number of hydrogen-bond donors (Lipinski definition) is 1. The molecule has 2 atom stereocenters. The lowest BCUT2D eigenvalue weighted by atomic mass is 9.81. The van der Waals surface area contributed by atoms with Crippen LogP contribution in [0.25, 0.3) is 0 Å². The van der Waals surface area contributed by atoms with Crippen molar-refractivity contribution >= 4 is 0 Å². The maximum absolute atomic E-state index is 9.63. The Morgan fingerprint density at radius 3 is 2.20 bits per heavy atom. The molecule has 0 radical (unpaired) electrons.